The fraction of sp³-hybridized carbons (Fsp3) is 0.486. The summed E-state index contributed by atoms with van der Waals surface area (Å²) >= 11 is 1.92. The summed E-state index contributed by atoms with van der Waals surface area (Å²) in [6.45, 7) is 7.32. The summed E-state index contributed by atoms with van der Waals surface area (Å²) in [6, 6.07) is 23.8. The second kappa shape index (κ2) is 15.1. The molecule has 1 saturated carbocycles. The minimum Gasteiger partial charge on any atom is -0.423 e. The molecule has 6 heteroatoms. The number of nitrogens with zero attached hydrogens (tertiary/aromatic N) is 4. The van der Waals surface area contributed by atoms with Gasteiger partial charge in [-0.25, -0.2) is 4.98 Å². The lowest BCUT2D eigenvalue weighted by atomic mass is 9.77. The smallest absolute Gasteiger partial charge is 0.220 e. The second-order valence-electron chi connectivity index (χ2n) is 12.5. The van der Waals surface area contributed by atoms with E-state index in [1.54, 1.807) is 4.88 Å². The molecule has 5 rings (SSSR count). The van der Waals surface area contributed by atoms with Gasteiger partial charge >= 0.3 is 0 Å². The van der Waals surface area contributed by atoms with Crippen LogP contribution in [0.4, 0.5) is 11.6 Å². The van der Waals surface area contributed by atoms with Crippen LogP contribution >= 0.6 is 11.3 Å². The Morgan fingerprint density at radius 1 is 0.837 bits per heavy atom. The lowest BCUT2D eigenvalue weighted by Crippen LogP contribution is -2.31. The Kier molecular flexibility index (Phi) is 11.0. The molecule has 4 aromatic rings. The molecule has 0 N–H and O–H groups in total. The van der Waals surface area contributed by atoms with Gasteiger partial charge in [0.15, 0.2) is 0 Å². The number of oxazole rings is 1. The van der Waals surface area contributed by atoms with Crippen LogP contribution in [0.5, 0.6) is 0 Å². The van der Waals surface area contributed by atoms with Crippen LogP contribution in [-0.4, -0.2) is 44.1 Å². The number of hydrogen-bond acceptors (Lipinski definition) is 6. The minimum atomic E-state index is 0.197. The summed E-state index contributed by atoms with van der Waals surface area (Å²) in [5.41, 5.74) is 4.97. The highest BCUT2D eigenvalue weighted by Gasteiger charge is 2.31. The van der Waals surface area contributed by atoms with Crippen molar-refractivity contribution in [1.82, 2.24) is 9.88 Å². The van der Waals surface area contributed by atoms with Gasteiger partial charge in [-0.2, -0.15) is 0 Å². The van der Waals surface area contributed by atoms with E-state index < -0.39 is 0 Å². The summed E-state index contributed by atoms with van der Waals surface area (Å²) in [5.74, 6) is 3.28. The van der Waals surface area contributed by atoms with Gasteiger partial charge in [0.2, 0.25) is 11.8 Å². The molecule has 1 fully saturated rings. The van der Waals surface area contributed by atoms with E-state index in [1.165, 1.54) is 48.9 Å². The lowest BCUT2D eigenvalue weighted by molar-refractivity contribution is 0.137. The van der Waals surface area contributed by atoms with Gasteiger partial charge in [-0.1, -0.05) is 87.4 Å². The molecule has 2 aromatic carbocycles. The van der Waals surface area contributed by atoms with Crippen LogP contribution in [0.25, 0.3) is 0 Å². The fourth-order valence-corrected chi connectivity index (χ4v) is 7.91. The molecule has 0 saturated heterocycles. The highest BCUT2D eigenvalue weighted by atomic mass is 32.1. The average molecular weight is 599 g/mol. The molecule has 5 nitrogen and oxygen atoms in total. The van der Waals surface area contributed by atoms with Crippen molar-refractivity contribution in [1.29, 1.82) is 0 Å². The average Bonchev–Trinajstić information content (AvgIpc) is 3.66. The molecule has 43 heavy (non-hydrogen) atoms. The molecular weight excluding hydrogens is 549 g/mol. The molecule has 1 atom stereocenters. The highest BCUT2D eigenvalue weighted by molar-refractivity contribution is 7.10. The first-order valence-corrected chi connectivity index (χ1v) is 17.1. The van der Waals surface area contributed by atoms with Crippen LogP contribution in [0.3, 0.4) is 0 Å². The molecule has 0 radical (unpaired) electrons. The Balaban J connectivity index is 1.34. The summed E-state index contributed by atoms with van der Waals surface area (Å²) in [4.78, 5) is 13.9. The standard InChI is InChI=1S/C37H50N4OS/c1-6-41(7-2)34(25-29-18-20-30(21-19-29)26-35-33(39(3)4)22-23-43-35)36-38-32(24-28-14-10-8-11-15-28)37(42-36)40(5)27-31-16-12-9-13-17-31/h8-17,22-23,29-30,34H,6-7,18-21,24-27H2,1-5H3. The van der Waals surface area contributed by atoms with Gasteiger partial charge in [-0.15, -0.1) is 11.3 Å². The van der Waals surface area contributed by atoms with Crippen molar-refractivity contribution in [2.24, 2.45) is 11.8 Å². The molecule has 1 unspecified atom stereocenters. The predicted octanol–water partition coefficient (Wildman–Crippen LogP) is 8.85. The first kappa shape index (κ1) is 31.3. The van der Waals surface area contributed by atoms with Gasteiger partial charge in [0.05, 0.1) is 11.7 Å². The molecule has 0 spiro atoms. The van der Waals surface area contributed by atoms with Gasteiger partial charge in [0.1, 0.15) is 5.69 Å². The number of rotatable bonds is 14. The zero-order valence-corrected chi connectivity index (χ0v) is 27.7. The summed E-state index contributed by atoms with van der Waals surface area (Å²) in [5, 5.41) is 2.25. The number of aromatic nitrogens is 1. The normalized spacial score (nSPS) is 17.7. The van der Waals surface area contributed by atoms with E-state index in [0.717, 1.165) is 55.9 Å². The number of hydrogen-bond donors (Lipinski definition) is 0. The largest absolute Gasteiger partial charge is 0.423 e. The van der Waals surface area contributed by atoms with Gasteiger partial charge < -0.3 is 14.2 Å². The van der Waals surface area contributed by atoms with Crippen LogP contribution in [0.2, 0.25) is 0 Å². The van der Waals surface area contributed by atoms with Crippen LogP contribution < -0.4 is 9.80 Å². The molecular formula is C37H50N4OS. The Morgan fingerprint density at radius 3 is 2.09 bits per heavy atom. The van der Waals surface area contributed by atoms with Crippen molar-refractivity contribution in [3.63, 3.8) is 0 Å². The Morgan fingerprint density at radius 2 is 1.47 bits per heavy atom. The first-order valence-electron chi connectivity index (χ1n) is 16.2. The van der Waals surface area contributed by atoms with E-state index in [4.69, 9.17) is 9.40 Å². The topological polar surface area (TPSA) is 35.8 Å². The van der Waals surface area contributed by atoms with E-state index in [-0.39, 0.29) is 6.04 Å². The van der Waals surface area contributed by atoms with Gasteiger partial charge in [-0.05, 0) is 73.2 Å². The van der Waals surface area contributed by atoms with E-state index in [9.17, 15) is 0 Å². The zero-order valence-electron chi connectivity index (χ0n) is 26.8. The summed E-state index contributed by atoms with van der Waals surface area (Å²) in [6.07, 6.45) is 8.33. The minimum absolute atomic E-state index is 0.197. The predicted molar refractivity (Wildman–Crippen MR) is 182 cm³/mol. The maximum atomic E-state index is 6.81. The van der Waals surface area contributed by atoms with Crippen molar-refractivity contribution in [2.75, 3.05) is 44.0 Å². The number of anilines is 2. The SMILES string of the molecule is CCN(CC)C(CC1CCC(Cc2sccc2N(C)C)CC1)c1nc(Cc2ccccc2)c(N(C)Cc2ccccc2)o1. The molecule has 0 aliphatic heterocycles. The van der Waals surface area contributed by atoms with E-state index >= 15 is 0 Å². The van der Waals surface area contributed by atoms with E-state index in [0.29, 0.717) is 5.92 Å². The third-order valence-electron chi connectivity index (χ3n) is 9.26. The Labute approximate surface area is 263 Å². The van der Waals surface area contributed by atoms with Gasteiger partial charge in [-0.3, -0.25) is 4.90 Å². The fourth-order valence-electron chi connectivity index (χ4n) is 6.84. The maximum Gasteiger partial charge on any atom is 0.220 e. The van der Waals surface area contributed by atoms with Crippen LogP contribution in [0.15, 0.2) is 76.5 Å². The third-order valence-corrected chi connectivity index (χ3v) is 10.2. The molecule has 1 aliphatic carbocycles. The van der Waals surface area contributed by atoms with Crippen molar-refractivity contribution in [3.05, 3.63) is 99.7 Å². The lowest BCUT2D eigenvalue weighted by Gasteiger charge is -2.34. The van der Waals surface area contributed by atoms with Crippen LogP contribution in [0.1, 0.15) is 79.6 Å². The molecule has 230 valence electrons. The van der Waals surface area contributed by atoms with Gasteiger partial charge in [0, 0.05) is 39.0 Å². The van der Waals surface area contributed by atoms with E-state index in [1.807, 2.05) is 11.3 Å². The molecule has 0 bridgehead atoms. The number of benzene rings is 2. The third kappa shape index (κ3) is 8.10. The van der Waals surface area contributed by atoms with Crippen molar-refractivity contribution in [2.45, 2.75) is 71.4 Å². The van der Waals surface area contributed by atoms with Gasteiger partial charge in [0.25, 0.3) is 0 Å². The molecule has 1 aliphatic rings. The molecule has 0 amide bonds. The highest BCUT2D eigenvalue weighted by Crippen LogP contribution is 2.40. The Bertz CT molecular complexity index is 1370. The van der Waals surface area contributed by atoms with Crippen molar-refractivity contribution >= 4 is 22.9 Å². The first-order chi connectivity index (χ1) is 20.9. The summed E-state index contributed by atoms with van der Waals surface area (Å²) in [7, 11) is 6.46. The number of thiophene rings is 1. The summed E-state index contributed by atoms with van der Waals surface area (Å²) < 4.78 is 6.81. The zero-order chi connectivity index (χ0) is 30.2. The van der Waals surface area contributed by atoms with Crippen molar-refractivity contribution in [3.8, 4) is 0 Å². The molecule has 2 aromatic heterocycles. The Hall–Kier alpha value is -3.09. The van der Waals surface area contributed by atoms with Crippen molar-refractivity contribution < 1.29 is 4.42 Å². The van der Waals surface area contributed by atoms with Crippen LogP contribution in [0, 0.1) is 11.8 Å². The van der Waals surface area contributed by atoms with E-state index in [2.05, 4.69) is 122 Å². The second-order valence-corrected chi connectivity index (χ2v) is 13.5. The maximum absolute atomic E-state index is 6.81. The quantitative estimate of drug-likeness (QED) is 0.145. The van der Waals surface area contributed by atoms with Crippen LogP contribution in [-0.2, 0) is 19.4 Å². The molecule has 2 heterocycles. The monoisotopic (exact) mass is 598 g/mol.